The molecule has 0 aliphatic rings. The van der Waals surface area contributed by atoms with Crippen molar-refractivity contribution >= 4 is 27.7 Å². The average molecular weight is 354 g/mol. The number of rotatable bonds is 6. The molecular formula is C12H15BrF3N3O. The number of pyridine rings is 1. The molecule has 0 aliphatic heterocycles. The molecule has 2 N–H and O–H groups in total. The third-order valence-corrected chi connectivity index (χ3v) is 2.80. The molecule has 0 spiro atoms. The van der Waals surface area contributed by atoms with Crippen LogP contribution in [0.15, 0.2) is 16.7 Å². The summed E-state index contributed by atoms with van der Waals surface area (Å²) in [5.41, 5.74) is 0.299. The Kier molecular flexibility index (Phi) is 6.25. The lowest BCUT2D eigenvalue weighted by Gasteiger charge is -2.11. The SMILES string of the molecule is CCNc1ncc(Br)cc1C(=O)NCCCC(F)(F)F. The first-order valence-corrected chi connectivity index (χ1v) is 6.87. The van der Waals surface area contributed by atoms with Gasteiger partial charge in [0, 0.05) is 30.2 Å². The van der Waals surface area contributed by atoms with Gasteiger partial charge in [0.05, 0.1) is 5.56 Å². The van der Waals surface area contributed by atoms with E-state index in [2.05, 4.69) is 31.5 Å². The molecule has 4 nitrogen and oxygen atoms in total. The number of alkyl halides is 3. The van der Waals surface area contributed by atoms with Gasteiger partial charge in [0.1, 0.15) is 5.82 Å². The molecule has 0 radical (unpaired) electrons. The fraction of sp³-hybridized carbons (Fsp3) is 0.500. The van der Waals surface area contributed by atoms with Crippen molar-refractivity contribution in [1.29, 1.82) is 0 Å². The zero-order chi connectivity index (χ0) is 15.2. The molecule has 20 heavy (non-hydrogen) atoms. The van der Waals surface area contributed by atoms with Crippen LogP contribution in [0, 0.1) is 0 Å². The van der Waals surface area contributed by atoms with Gasteiger partial charge in [-0.3, -0.25) is 4.79 Å². The van der Waals surface area contributed by atoms with E-state index in [0.717, 1.165) is 0 Å². The number of nitrogens with zero attached hydrogens (tertiary/aromatic N) is 1. The van der Waals surface area contributed by atoms with E-state index in [1.165, 1.54) is 0 Å². The third-order valence-electron chi connectivity index (χ3n) is 2.37. The van der Waals surface area contributed by atoms with Crippen LogP contribution in [0.25, 0.3) is 0 Å². The third kappa shape index (κ3) is 5.77. The van der Waals surface area contributed by atoms with E-state index >= 15 is 0 Å². The zero-order valence-corrected chi connectivity index (χ0v) is 12.4. The number of anilines is 1. The summed E-state index contributed by atoms with van der Waals surface area (Å²) in [4.78, 5) is 16.0. The maximum Gasteiger partial charge on any atom is 0.389 e. The van der Waals surface area contributed by atoms with Crippen molar-refractivity contribution < 1.29 is 18.0 Å². The first-order chi connectivity index (χ1) is 9.33. The molecule has 1 rings (SSSR count). The number of aromatic nitrogens is 1. The van der Waals surface area contributed by atoms with Crippen molar-refractivity contribution in [3.05, 3.63) is 22.3 Å². The second kappa shape index (κ2) is 7.47. The molecule has 1 aromatic rings. The van der Waals surface area contributed by atoms with Gasteiger partial charge in [0.15, 0.2) is 0 Å². The fourth-order valence-electron chi connectivity index (χ4n) is 1.51. The number of hydrogen-bond donors (Lipinski definition) is 2. The number of carbonyl (C=O) groups excluding carboxylic acids is 1. The summed E-state index contributed by atoms with van der Waals surface area (Å²) in [5, 5.41) is 5.38. The van der Waals surface area contributed by atoms with Gasteiger partial charge in [-0.2, -0.15) is 13.2 Å². The first kappa shape index (κ1) is 16.7. The minimum Gasteiger partial charge on any atom is -0.370 e. The monoisotopic (exact) mass is 353 g/mol. The predicted molar refractivity (Wildman–Crippen MR) is 73.7 cm³/mol. The summed E-state index contributed by atoms with van der Waals surface area (Å²) in [6.45, 7) is 2.41. The van der Waals surface area contributed by atoms with Crippen LogP contribution in [-0.4, -0.2) is 30.2 Å². The van der Waals surface area contributed by atoms with Crippen molar-refractivity contribution in [3.8, 4) is 0 Å². The minimum absolute atomic E-state index is 0.0313. The minimum atomic E-state index is -4.20. The van der Waals surface area contributed by atoms with E-state index in [1.54, 1.807) is 12.3 Å². The van der Waals surface area contributed by atoms with Crippen LogP contribution in [-0.2, 0) is 0 Å². The highest BCUT2D eigenvalue weighted by Crippen LogP contribution is 2.21. The zero-order valence-electron chi connectivity index (χ0n) is 10.9. The maximum atomic E-state index is 12.0. The molecule has 1 aromatic heterocycles. The Morgan fingerprint density at radius 1 is 1.45 bits per heavy atom. The Bertz CT molecular complexity index is 466. The van der Waals surface area contributed by atoms with Crippen LogP contribution in [0.5, 0.6) is 0 Å². The Hall–Kier alpha value is -1.31. The number of carbonyl (C=O) groups is 1. The van der Waals surface area contributed by atoms with Gasteiger partial charge in [-0.1, -0.05) is 0 Å². The molecule has 0 saturated carbocycles. The average Bonchev–Trinajstić information content (AvgIpc) is 2.35. The summed E-state index contributed by atoms with van der Waals surface area (Å²) in [6, 6.07) is 1.57. The Labute approximate surface area is 123 Å². The smallest absolute Gasteiger partial charge is 0.370 e. The largest absolute Gasteiger partial charge is 0.389 e. The Balaban J connectivity index is 2.60. The predicted octanol–water partition coefficient (Wildman–Crippen LogP) is 3.35. The van der Waals surface area contributed by atoms with Gasteiger partial charge < -0.3 is 10.6 Å². The molecule has 0 unspecified atom stereocenters. The normalized spacial score (nSPS) is 11.2. The summed E-state index contributed by atoms with van der Waals surface area (Å²) >= 11 is 3.20. The Morgan fingerprint density at radius 3 is 2.75 bits per heavy atom. The summed E-state index contributed by atoms with van der Waals surface area (Å²) < 4.78 is 36.6. The van der Waals surface area contributed by atoms with E-state index < -0.39 is 18.5 Å². The van der Waals surface area contributed by atoms with Crippen LogP contribution in [0.2, 0.25) is 0 Å². The molecule has 0 fully saturated rings. The maximum absolute atomic E-state index is 12.0. The molecule has 0 saturated heterocycles. The van der Waals surface area contributed by atoms with Gasteiger partial charge in [0.2, 0.25) is 0 Å². The topological polar surface area (TPSA) is 54.0 Å². The molecule has 0 aromatic carbocycles. The van der Waals surface area contributed by atoms with Gasteiger partial charge in [-0.05, 0) is 35.3 Å². The standard InChI is InChI=1S/C12H15BrF3N3O/c1-2-17-10-9(6-8(13)7-19-10)11(20)18-5-3-4-12(14,15)16/h6-7H,2-5H2,1H3,(H,17,19)(H,18,20). The van der Waals surface area contributed by atoms with Crippen molar-refractivity contribution in [1.82, 2.24) is 10.3 Å². The molecule has 0 aliphatic carbocycles. The number of halogens is 4. The second-order valence-corrected chi connectivity index (χ2v) is 4.97. The highest BCUT2D eigenvalue weighted by molar-refractivity contribution is 9.10. The Morgan fingerprint density at radius 2 is 2.15 bits per heavy atom. The number of amides is 1. The van der Waals surface area contributed by atoms with Crippen molar-refractivity contribution in [2.24, 2.45) is 0 Å². The highest BCUT2D eigenvalue weighted by Gasteiger charge is 2.26. The van der Waals surface area contributed by atoms with Crippen molar-refractivity contribution in [3.63, 3.8) is 0 Å². The summed E-state index contributed by atoms with van der Waals surface area (Å²) in [6.07, 6.45) is -3.72. The van der Waals surface area contributed by atoms with Gasteiger partial charge in [-0.15, -0.1) is 0 Å². The summed E-state index contributed by atoms with van der Waals surface area (Å²) in [7, 11) is 0. The van der Waals surface area contributed by atoms with Crippen LogP contribution < -0.4 is 10.6 Å². The fourth-order valence-corrected chi connectivity index (χ4v) is 1.84. The first-order valence-electron chi connectivity index (χ1n) is 6.08. The highest BCUT2D eigenvalue weighted by atomic mass is 79.9. The van der Waals surface area contributed by atoms with Crippen LogP contribution >= 0.6 is 15.9 Å². The summed E-state index contributed by atoms with van der Waals surface area (Å²) in [5.74, 6) is -0.0408. The van der Waals surface area contributed by atoms with Gasteiger partial charge in [-0.25, -0.2) is 4.98 Å². The second-order valence-electron chi connectivity index (χ2n) is 4.05. The van der Waals surface area contributed by atoms with Crippen molar-refractivity contribution in [2.45, 2.75) is 25.9 Å². The molecule has 1 amide bonds. The number of nitrogens with one attached hydrogen (secondary N) is 2. The lowest BCUT2D eigenvalue weighted by molar-refractivity contribution is -0.135. The molecule has 1 heterocycles. The van der Waals surface area contributed by atoms with E-state index in [0.29, 0.717) is 22.4 Å². The van der Waals surface area contributed by atoms with Crippen LogP contribution in [0.3, 0.4) is 0 Å². The molecule has 0 atom stereocenters. The molecule has 0 bridgehead atoms. The van der Waals surface area contributed by atoms with E-state index in [4.69, 9.17) is 0 Å². The van der Waals surface area contributed by atoms with E-state index in [-0.39, 0.29) is 13.0 Å². The van der Waals surface area contributed by atoms with E-state index in [1.807, 2.05) is 6.92 Å². The van der Waals surface area contributed by atoms with Crippen LogP contribution in [0.1, 0.15) is 30.1 Å². The number of hydrogen-bond acceptors (Lipinski definition) is 3. The molecule has 8 heteroatoms. The lowest BCUT2D eigenvalue weighted by atomic mass is 10.2. The van der Waals surface area contributed by atoms with Crippen LogP contribution in [0.4, 0.5) is 19.0 Å². The lowest BCUT2D eigenvalue weighted by Crippen LogP contribution is -2.26. The van der Waals surface area contributed by atoms with Gasteiger partial charge >= 0.3 is 6.18 Å². The van der Waals surface area contributed by atoms with Crippen molar-refractivity contribution in [2.75, 3.05) is 18.4 Å². The van der Waals surface area contributed by atoms with Gasteiger partial charge in [0.25, 0.3) is 5.91 Å². The molecular weight excluding hydrogens is 339 g/mol. The van der Waals surface area contributed by atoms with E-state index in [9.17, 15) is 18.0 Å². The quantitative estimate of drug-likeness (QED) is 0.771. The molecule has 112 valence electrons.